The van der Waals surface area contributed by atoms with Gasteiger partial charge in [-0.15, -0.1) is 0 Å². The number of hydrogen-bond acceptors (Lipinski definition) is 3. The number of rotatable bonds is 4. The lowest BCUT2D eigenvalue weighted by Gasteiger charge is -2.08. The maximum absolute atomic E-state index is 11.6. The molecule has 1 amide bonds. The molecule has 0 aliphatic heterocycles. The van der Waals surface area contributed by atoms with Crippen molar-refractivity contribution in [1.29, 1.82) is 0 Å². The van der Waals surface area contributed by atoms with E-state index in [-0.39, 0.29) is 11.3 Å². The summed E-state index contributed by atoms with van der Waals surface area (Å²) in [4.78, 5) is 26.3. The lowest BCUT2D eigenvalue weighted by molar-refractivity contribution is 0.0690. The zero-order valence-electron chi connectivity index (χ0n) is 9.23. The lowest BCUT2D eigenvalue weighted by atomic mass is 10.1. The Morgan fingerprint density at radius 2 is 2.19 bits per heavy atom. The van der Waals surface area contributed by atoms with Crippen molar-refractivity contribution in [1.82, 2.24) is 10.3 Å². The molecular weight excluding hydrogens is 208 g/mol. The van der Waals surface area contributed by atoms with Gasteiger partial charge in [-0.25, -0.2) is 4.79 Å². The molecule has 1 aromatic heterocycles. The molecule has 86 valence electrons. The van der Waals surface area contributed by atoms with Gasteiger partial charge >= 0.3 is 5.97 Å². The van der Waals surface area contributed by atoms with Gasteiger partial charge in [-0.1, -0.05) is 13.8 Å². The number of aromatic nitrogens is 1. The van der Waals surface area contributed by atoms with Crippen LogP contribution in [0.5, 0.6) is 0 Å². The van der Waals surface area contributed by atoms with Gasteiger partial charge in [-0.3, -0.25) is 9.78 Å². The molecule has 5 heteroatoms. The van der Waals surface area contributed by atoms with E-state index in [9.17, 15) is 9.59 Å². The van der Waals surface area contributed by atoms with Crippen molar-refractivity contribution >= 4 is 11.9 Å². The second-order valence-electron chi connectivity index (χ2n) is 3.81. The summed E-state index contributed by atoms with van der Waals surface area (Å²) in [7, 11) is 0. The summed E-state index contributed by atoms with van der Waals surface area (Å²) in [5, 5.41) is 11.5. The molecule has 2 N–H and O–H groups in total. The Balaban J connectivity index is 2.86. The average Bonchev–Trinajstić information content (AvgIpc) is 2.25. The minimum Gasteiger partial charge on any atom is -0.478 e. The predicted octanol–water partition coefficient (Wildman–Crippen LogP) is 1.17. The minimum atomic E-state index is -1.15. The number of amides is 1. The second kappa shape index (κ2) is 5.25. The molecule has 1 rings (SSSR count). The van der Waals surface area contributed by atoms with Crippen LogP contribution in [0.15, 0.2) is 18.3 Å². The first kappa shape index (κ1) is 12.2. The van der Waals surface area contributed by atoms with Gasteiger partial charge in [0.05, 0.1) is 5.56 Å². The molecule has 0 radical (unpaired) electrons. The SMILES string of the molecule is CC(C)CNC(=O)c1ncccc1C(=O)O. The average molecular weight is 222 g/mol. The molecule has 0 bridgehead atoms. The molecule has 5 nitrogen and oxygen atoms in total. The third kappa shape index (κ3) is 3.05. The van der Waals surface area contributed by atoms with Crippen molar-refractivity contribution in [2.75, 3.05) is 6.54 Å². The monoisotopic (exact) mass is 222 g/mol. The van der Waals surface area contributed by atoms with Gasteiger partial charge in [-0.05, 0) is 18.1 Å². The van der Waals surface area contributed by atoms with Crippen molar-refractivity contribution in [2.45, 2.75) is 13.8 Å². The molecule has 1 aromatic rings. The summed E-state index contributed by atoms with van der Waals surface area (Å²) in [6.07, 6.45) is 1.40. The van der Waals surface area contributed by atoms with Gasteiger partial charge in [0.1, 0.15) is 5.69 Å². The molecule has 0 spiro atoms. The number of nitrogens with one attached hydrogen (secondary N) is 1. The highest BCUT2D eigenvalue weighted by molar-refractivity contribution is 6.03. The van der Waals surface area contributed by atoms with Crippen molar-refractivity contribution in [3.05, 3.63) is 29.6 Å². The summed E-state index contributed by atoms with van der Waals surface area (Å²) < 4.78 is 0. The van der Waals surface area contributed by atoms with E-state index in [0.717, 1.165) is 0 Å². The zero-order chi connectivity index (χ0) is 12.1. The van der Waals surface area contributed by atoms with Crippen LogP contribution in [0.25, 0.3) is 0 Å². The van der Waals surface area contributed by atoms with Gasteiger partial charge in [0.25, 0.3) is 5.91 Å². The summed E-state index contributed by atoms with van der Waals surface area (Å²) in [6.45, 7) is 4.40. The van der Waals surface area contributed by atoms with Crippen LogP contribution in [0.1, 0.15) is 34.7 Å². The summed E-state index contributed by atoms with van der Waals surface area (Å²) in [6, 6.07) is 2.85. The van der Waals surface area contributed by atoms with Crippen LogP contribution in [0.3, 0.4) is 0 Å². The zero-order valence-corrected chi connectivity index (χ0v) is 9.23. The van der Waals surface area contributed by atoms with E-state index >= 15 is 0 Å². The van der Waals surface area contributed by atoms with Crippen molar-refractivity contribution in [3.8, 4) is 0 Å². The van der Waals surface area contributed by atoms with Crippen LogP contribution < -0.4 is 5.32 Å². The van der Waals surface area contributed by atoms with Crippen LogP contribution in [-0.2, 0) is 0 Å². The number of carboxylic acids is 1. The van der Waals surface area contributed by atoms with E-state index in [1.807, 2.05) is 13.8 Å². The molecule has 0 aromatic carbocycles. The number of hydrogen-bond donors (Lipinski definition) is 2. The third-order valence-corrected chi connectivity index (χ3v) is 1.92. The van der Waals surface area contributed by atoms with Gasteiger partial charge in [0, 0.05) is 12.7 Å². The quantitative estimate of drug-likeness (QED) is 0.801. The number of nitrogens with zero attached hydrogens (tertiary/aromatic N) is 1. The van der Waals surface area contributed by atoms with Crippen LogP contribution in [0, 0.1) is 5.92 Å². The molecular formula is C11H14N2O3. The van der Waals surface area contributed by atoms with Crippen LogP contribution in [-0.4, -0.2) is 28.5 Å². The molecule has 0 saturated heterocycles. The fraction of sp³-hybridized carbons (Fsp3) is 0.364. The lowest BCUT2D eigenvalue weighted by Crippen LogP contribution is -2.29. The smallest absolute Gasteiger partial charge is 0.338 e. The number of carbonyl (C=O) groups is 2. The first-order valence-corrected chi connectivity index (χ1v) is 4.99. The Bertz CT molecular complexity index is 402. The first-order valence-electron chi connectivity index (χ1n) is 4.99. The van der Waals surface area contributed by atoms with Gasteiger partial charge < -0.3 is 10.4 Å². The summed E-state index contributed by atoms with van der Waals surface area (Å²) in [5.74, 6) is -1.30. The van der Waals surface area contributed by atoms with E-state index in [1.165, 1.54) is 18.3 Å². The van der Waals surface area contributed by atoms with Crippen LogP contribution >= 0.6 is 0 Å². The first-order chi connectivity index (χ1) is 7.52. The molecule has 1 heterocycles. The Labute approximate surface area is 93.5 Å². The highest BCUT2D eigenvalue weighted by Crippen LogP contribution is 2.05. The standard InChI is InChI=1S/C11H14N2O3/c1-7(2)6-13-10(14)9-8(11(15)16)4-3-5-12-9/h3-5,7H,6H2,1-2H3,(H,13,14)(H,15,16). The van der Waals surface area contributed by atoms with E-state index in [0.29, 0.717) is 12.5 Å². The number of carbonyl (C=O) groups excluding carboxylic acids is 1. The highest BCUT2D eigenvalue weighted by Gasteiger charge is 2.17. The predicted molar refractivity (Wildman–Crippen MR) is 58.4 cm³/mol. The van der Waals surface area contributed by atoms with Gasteiger partial charge in [-0.2, -0.15) is 0 Å². The molecule has 0 saturated carbocycles. The molecule has 0 atom stereocenters. The number of pyridine rings is 1. The normalized spacial score (nSPS) is 10.2. The second-order valence-corrected chi connectivity index (χ2v) is 3.81. The Kier molecular flexibility index (Phi) is 3.99. The van der Waals surface area contributed by atoms with Crippen LogP contribution in [0.2, 0.25) is 0 Å². The van der Waals surface area contributed by atoms with E-state index < -0.39 is 11.9 Å². The fourth-order valence-corrected chi connectivity index (χ4v) is 1.14. The van der Waals surface area contributed by atoms with E-state index in [1.54, 1.807) is 0 Å². The summed E-state index contributed by atoms with van der Waals surface area (Å²) >= 11 is 0. The Morgan fingerprint density at radius 1 is 1.50 bits per heavy atom. The number of aromatic carboxylic acids is 1. The van der Waals surface area contributed by atoms with Gasteiger partial charge in [0.2, 0.25) is 0 Å². The fourth-order valence-electron chi connectivity index (χ4n) is 1.14. The third-order valence-electron chi connectivity index (χ3n) is 1.92. The number of carboxylic acid groups (broad SMARTS) is 1. The van der Waals surface area contributed by atoms with Crippen LogP contribution in [0.4, 0.5) is 0 Å². The highest BCUT2D eigenvalue weighted by atomic mass is 16.4. The largest absolute Gasteiger partial charge is 0.478 e. The van der Waals surface area contributed by atoms with Crippen molar-refractivity contribution in [3.63, 3.8) is 0 Å². The van der Waals surface area contributed by atoms with E-state index in [2.05, 4.69) is 10.3 Å². The minimum absolute atomic E-state index is 0.0457. The maximum atomic E-state index is 11.6. The topological polar surface area (TPSA) is 79.3 Å². The molecule has 0 fully saturated rings. The molecule has 0 aliphatic rings. The Hall–Kier alpha value is -1.91. The van der Waals surface area contributed by atoms with Crippen molar-refractivity contribution in [2.24, 2.45) is 5.92 Å². The van der Waals surface area contributed by atoms with Gasteiger partial charge in [0.15, 0.2) is 0 Å². The van der Waals surface area contributed by atoms with E-state index in [4.69, 9.17) is 5.11 Å². The molecule has 16 heavy (non-hydrogen) atoms. The summed E-state index contributed by atoms with van der Waals surface area (Å²) in [5.41, 5.74) is -0.126. The maximum Gasteiger partial charge on any atom is 0.338 e. The van der Waals surface area contributed by atoms with Crippen molar-refractivity contribution < 1.29 is 14.7 Å². The molecule has 0 unspecified atom stereocenters. The Morgan fingerprint density at radius 3 is 2.75 bits per heavy atom. The molecule has 0 aliphatic carbocycles.